The topological polar surface area (TPSA) is 41.1 Å². The lowest BCUT2D eigenvalue weighted by atomic mass is 9.96. The van der Waals surface area contributed by atoms with Crippen molar-refractivity contribution in [3.8, 4) is 0 Å². The molecular formula is C13H18N2O. The monoisotopic (exact) mass is 218 g/mol. The molecule has 2 N–H and O–H groups in total. The second-order valence-corrected chi connectivity index (χ2v) is 4.30. The highest BCUT2D eigenvalue weighted by Crippen LogP contribution is 2.16. The molecular weight excluding hydrogens is 200 g/mol. The summed E-state index contributed by atoms with van der Waals surface area (Å²) in [7, 11) is 0. The van der Waals surface area contributed by atoms with Gasteiger partial charge in [0.1, 0.15) is 0 Å². The molecule has 1 aliphatic carbocycles. The molecule has 1 aromatic rings. The Balaban J connectivity index is 1.79. The van der Waals surface area contributed by atoms with Crippen molar-refractivity contribution in [2.75, 3.05) is 0 Å². The number of carbonyl (C=O) groups is 1. The van der Waals surface area contributed by atoms with Gasteiger partial charge in [-0.05, 0) is 25.0 Å². The summed E-state index contributed by atoms with van der Waals surface area (Å²) in [6, 6.07) is 9.73. The minimum atomic E-state index is -0.0498. The van der Waals surface area contributed by atoms with Crippen LogP contribution in [0.1, 0.15) is 42.5 Å². The van der Waals surface area contributed by atoms with Crippen molar-refractivity contribution < 1.29 is 4.79 Å². The van der Waals surface area contributed by atoms with E-state index in [0.29, 0.717) is 11.6 Å². The lowest BCUT2D eigenvalue weighted by molar-refractivity contribution is 0.0920. The summed E-state index contributed by atoms with van der Waals surface area (Å²) in [6.07, 6.45) is 6.17. The van der Waals surface area contributed by atoms with E-state index < -0.39 is 0 Å². The summed E-state index contributed by atoms with van der Waals surface area (Å²) in [4.78, 5) is 11.7. The van der Waals surface area contributed by atoms with Crippen LogP contribution in [0, 0.1) is 0 Å². The third-order valence-electron chi connectivity index (χ3n) is 3.03. The third kappa shape index (κ3) is 3.07. The molecule has 0 aliphatic heterocycles. The van der Waals surface area contributed by atoms with E-state index in [9.17, 15) is 4.79 Å². The van der Waals surface area contributed by atoms with Crippen molar-refractivity contribution in [3.63, 3.8) is 0 Å². The van der Waals surface area contributed by atoms with Crippen molar-refractivity contribution in [3.05, 3.63) is 35.9 Å². The lowest BCUT2D eigenvalue weighted by Crippen LogP contribution is -2.45. The molecule has 1 fully saturated rings. The summed E-state index contributed by atoms with van der Waals surface area (Å²) in [5.41, 5.74) is 6.60. The zero-order valence-corrected chi connectivity index (χ0v) is 9.41. The van der Waals surface area contributed by atoms with Gasteiger partial charge in [0.05, 0.1) is 0 Å². The Morgan fingerprint density at radius 3 is 2.44 bits per heavy atom. The van der Waals surface area contributed by atoms with Crippen LogP contribution >= 0.6 is 0 Å². The van der Waals surface area contributed by atoms with Crippen LogP contribution in [0.25, 0.3) is 0 Å². The van der Waals surface area contributed by atoms with Crippen LogP contribution < -0.4 is 10.9 Å². The van der Waals surface area contributed by atoms with Gasteiger partial charge in [-0.15, -0.1) is 0 Å². The predicted octanol–water partition coefficient (Wildman–Crippen LogP) is 2.25. The van der Waals surface area contributed by atoms with Gasteiger partial charge in [-0.25, -0.2) is 5.43 Å². The molecule has 1 amide bonds. The van der Waals surface area contributed by atoms with E-state index in [0.717, 1.165) is 12.8 Å². The normalized spacial score (nSPS) is 17.0. The smallest absolute Gasteiger partial charge is 0.265 e. The van der Waals surface area contributed by atoms with Crippen molar-refractivity contribution >= 4 is 5.91 Å². The molecule has 0 unspecified atom stereocenters. The van der Waals surface area contributed by atoms with Crippen LogP contribution in [0.2, 0.25) is 0 Å². The number of carbonyl (C=O) groups excluding carboxylic acids is 1. The van der Waals surface area contributed by atoms with Gasteiger partial charge in [0.15, 0.2) is 0 Å². The molecule has 0 heterocycles. The summed E-state index contributed by atoms with van der Waals surface area (Å²) in [5.74, 6) is -0.0498. The molecule has 3 heteroatoms. The molecule has 0 aromatic heterocycles. The van der Waals surface area contributed by atoms with E-state index in [1.165, 1.54) is 19.3 Å². The van der Waals surface area contributed by atoms with Crippen LogP contribution in [-0.4, -0.2) is 11.9 Å². The van der Waals surface area contributed by atoms with E-state index in [1.54, 1.807) is 0 Å². The number of rotatable bonds is 3. The third-order valence-corrected chi connectivity index (χ3v) is 3.03. The molecule has 1 aromatic carbocycles. The maximum Gasteiger partial charge on any atom is 0.265 e. The summed E-state index contributed by atoms with van der Waals surface area (Å²) >= 11 is 0. The number of nitrogens with one attached hydrogen (secondary N) is 2. The molecule has 0 spiro atoms. The van der Waals surface area contributed by atoms with Gasteiger partial charge in [0.25, 0.3) is 5.91 Å². The minimum Gasteiger partial charge on any atom is -0.287 e. The second-order valence-electron chi connectivity index (χ2n) is 4.30. The highest BCUT2D eigenvalue weighted by Gasteiger charge is 2.13. The van der Waals surface area contributed by atoms with Gasteiger partial charge >= 0.3 is 0 Å². The molecule has 1 saturated carbocycles. The zero-order chi connectivity index (χ0) is 11.2. The highest BCUT2D eigenvalue weighted by atomic mass is 16.2. The lowest BCUT2D eigenvalue weighted by Gasteiger charge is -2.22. The number of benzene rings is 1. The molecule has 0 radical (unpaired) electrons. The van der Waals surface area contributed by atoms with Gasteiger partial charge in [-0.3, -0.25) is 10.2 Å². The Labute approximate surface area is 96.2 Å². The quantitative estimate of drug-likeness (QED) is 0.764. The first kappa shape index (κ1) is 11.1. The minimum absolute atomic E-state index is 0.0498. The summed E-state index contributed by atoms with van der Waals surface area (Å²) in [5, 5.41) is 0. The van der Waals surface area contributed by atoms with E-state index in [4.69, 9.17) is 0 Å². The average molecular weight is 218 g/mol. The molecule has 0 bridgehead atoms. The fraction of sp³-hybridized carbons (Fsp3) is 0.462. The molecule has 16 heavy (non-hydrogen) atoms. The van der Waals surface area contributed by atoms with Crippen molar-refractivity contribution in [2.45, 2.75) is 38.1 Å². The maximum absolute atomic E-state index is 11.7. The van der Waals surface area contributed by atoms with Gasteiger partial charge in [-0.1, -0.05) is 37.5 Å². The molecule has 86 valence electrons. The van der Waals surface area contributed by atoms with Crippen molar-refractivity contribution in [2.24, 2.45) is 0 Å². The first-order valence-electron chi connectivity index (χ1n) is 5.97. The van der Waals surface area contributed by atoms with Crippen LogP contribution in [0.4, 0.5) is 0 Å². The zero-order valence-electron chi connectivity index (χ0n) is 9.41. The van der Waals surface area contributed by atoms with Crippen LogP contribution in [0.3, 0.4) is 0 Å². The number of hydrazine groups is 1. The molecule has 0 atom stereocenters. The van der Waals surface area contributed by atoms with Crippen LogP contribution in [0.5, 0.6) is 0 Å². The largest absolute Gasteiger partial charge is 0.287 e. The van der Waals surface area contributed by atoms with Gasteiger partial charge in [0.2, 0.25) is 0 Å². The number of amides is 1. The molecule has 3 nitrogen and oxygen atoms in total. The highest BCUT2D eigenvalue weighted by molar-refractivity contribution is 5.93. The second kappa shape index (κ2) is 5.66. The van der Waals surface area contributed by atoms with Crippen LogP contribution in [-0.2, 0) is 0 Å². The first-order chi connectivity index (χ1) is 7.86. The summed E-state index contributed by atoms with van der Waals surface area (Å²) < 4.78 is 0. The first-order valence-corrected chi connectivity index (χ1v) is 5.97. The standard InChI is InChI=1S/C13H18N2O/c16-13(11-7-3-1-4-8-11)15-14-12-9-5-2-6-10-12/h1,3-4,7-8,12,14H,2,5-6,9-10H2,(H,15,16). The fourth-order valence-electron chi connectivity index (χ4n) is 2.08. The van der Waals surface area contributed by atoms with Crippen LogP contribution in [0.15, 0.2) is 30.3 Å². The Morgan fingerprint density at radius 1 is 1.06 bits per heavy atom. The number of hydrogen-bond donors (Lipinski definition) is 2. The Morgan fingerprint density at radius 2 is 1.75 bits per heavy atom. The Kier molecular flexibility index (Phi) is 3.94. The van der Waals surface area contributed by atoms with E-state index in [1.807, 2.05) is 30.3 Å². The summed E-state index contributed by atoms with van der Waals surface area (Å²) in [6.45, 7) is 0. The molecule has 1 aliphatic rings. The molecule has 2 rings (SSSR count). The average Bonchev–Trinajstić information content (AvgIpc) is 2.38. The maximum atomic E-state index is 11.7. The number of hydrogen-bond acceptors (Lipinski definition) is 2. The van der Waals surface area contributed by atoms with Crippen molar-refractivity contribution in [1.82, 2.24) is 10.9 Å². The Hall–Kier alpha value is -1.35. The van der Waals surface area contributed by atoms with E-state index >= 15 is 0 Å². The Bertz CT molecular complexity index is 331. The predicted molar refractivity (Wildman–Crippen MR) is 63.9 cm³/mol. The van der Waals surface area contributed by atoms with Crippen molar-refractivity contribution in [1.29, 1.82) is 0 Å². The van der Waals surface area contributed by atoms with E-state index in [-0.39, 0.29) is 5.91 Å². The van der Waals surface area contributed by atoms with Gasteiger partial charge in [0, 0.05) is 11.6 Å². The SMILES string of the molecule is O=C(NNC1CCCCC1)c1ccccc1. The fourth-order valence-corrected chi connectivity index (χ4v) is 2.08. The van der Waals surface area contributed by atoms with Gasteiger partial charge in [-0.2, -0.15) is 0 Å². The van der Waals surface area contributed by atoms with Gasteiger partial charge < -0.3 is 0 Å². The molecule has 0 saturated heterocycles. The van der Waals surface area contributed by atoms with E-state index in [2.05, 4.69) is 10.9 Å².